The highest BCUT2D eigenvalue weighted by atomic mass is 16.4. The van der Waals surface area contributed by atoms with Crippen molar-refractivity contribution in [1.29, 1.82) is 0 Å². The van der Waals surface area contributed by atoms with Crippen LogP contribution in [0.25, 0.3) is 11.1 Å². The van der Waals surface area contributed by atoms with Crippen LogP contribution in [-0.2, 0) is 16.0 Å². The number of pyridine rings is 3. The molecule has 9 nitrogen and oxygen atoms in total. The van der Waals surface area contributed by atoms with E-state index in [0.717, 1.165) is 47.3 Å². The van der Waals surface area contributed by atoms with Crippen molar-refractivity contribution >= 4 is 11.9 Å². The molecule has 2 N–H and O–H groups in total. The highest BCUT2D eigenvalue weighted by Gasteiger charge is 2.27. The third-order valence-electron chi connectivity index (χ3n) is 6.90. The molecule has 0 aliphatic heterocycles. The predicted octanol–water partition coefficient (Wildman–Crippen LogP) is 4.34. The number of carbonyl (C=O) groups is 2. The normalized spacial score (nSPS) is 12.9. The fraction of sp³-hybridized carbons (Fsp3) is 0.452. The number of carbonyl (C=O) groups excluding carboxylic acids is 1. The Kier molecular flexibility index (Phi) is 10.7. The first kappa shape index (κ1) is 30.7. The first-order valence-corrected chi connectivity index (χ1v) is 13.7. The van der Waals surface area contributed by atoms with Gasteiger partial charge in [0, 0.05) is 47.7 Å². The Morgan fingerprint density at radius 2 is 1.88 bits per heavy atom. The van der Waals surface area contributed by atoms with Gasteiger partial charge in [-0.25, -0.2) is 0 Å². The van der Waals surface area contributed by atoms with Crippen molar-refractivity contribution in [2.45, 2.75) is 65.5 Å². The van der Waals surface area contributed by atoms with E-state index in [9.17, 15) is 19.5 Å². The van der Waals surface area contributed by atoms with E-state index in [2.05, 4.69) is 20.2 Å². The van der Waals surface area contributed by atoms with Gasteiger partial charge in [-0.2, -0.15) is 0 Å². The van der Waals surface area contributed by atoms with Crippen LogP contribution >= 0.6 is 0 Å². The van der Waals surface area contributed by atoms with E-state index in [1.807, 2.05) is 60.0 Å². The van der Waals surface area contributed by atoms with Crippen LogP contribution in [-0.4, -0.2) is 57.1 Å². The fourth-order valence-electron chi connectivity index (χ4n) is 4.94. The van der Waals surface area contributed by atoms with E-state index in [1.165, 1.54) is 10.6 Å². The van der Waals surface area contributed by atoms with Gasteiger partial charge in [0.25, 0.3) is 5.56 Å². The van der Waals surface area contributed by atoms with Gasteiger partial charge >= 0.3 is 5.97 Å². The maximum atomic E-state index is 13.8. The average molecular weight is 548 g/mol. The molecule has 3 rings (SSSR count). The lowest BCUT2D eigenvalue weighted by Gasteiger charge is -2.25. The zero-order chi connectivity index (χ0) is 29.4. The number of nitrogens with zero attached hydrogens (tertiary/aromatic N) is 4. The van der Waals surface area contributed by atoms with Gasteiger partial charge in [0.1, 0.15) is 6.04 Å². The molecule has 0 saturated heterocycles. The van der Waals surface area contributed by atoms with Crippen molar-refractivity contribution in [2.24, 2.45) is 5.92 Å². The molecular formula is C31H41N5O4. The van der Waals surface area contributed by atoms with Crippen molar-refractivity contribution in [2.75, 3.05) is 20.6 Å². The number of aryl methyl sites for hydroxylation is 3. The largest absolute Gasteiger partial charge is 0.481 e. The molecule has 2 atom stereocenters. The van der Waals surface area contributed by atoms with Gasteiger partial charge in [-0.05, 0) is 88.5 Å². The summed E-state index contributed by atoms with van der Waals surface area (Å²) in [5, 5.41) is 12.6. The average Bonchev–Trinajstić information content (AvgIpc) is 2.87. The molecular weight excluding hydrogens is 506 g/mol. The number of hydrogen-bond acceptors (Lipinski definition) is 6. The SMILES string of the molecule is Cc1ccnc(C)c1-c1cncc([C@H](CC(=O)O)NC(=O)[C@H](CC(C)C)n2cc(CCCN(C)C)ccc2=O)c1. The molecule has 1 amide bonds. The lowest BCUT2D eigenvalue weighted by Crippen LogP contribution is -2.40. The molecule has 0 bridgehead atoms. The molecule has 0 radical (unpaired) electrons. The van der Waals surface area contributed by atoms with Crippen molar-refractivity contribution < 1.29 is 14.7 Å². The van der Waals surface area contributed by atoms with Crippen LogP contribution in [0.4, 0.5) is 0 Å². The second-order valence-corrected chi connectivity index (χ2v) is 11.1. The second-order valence-electron chi connectivity index (χ2n) is 11.1. The number of aliphatic carboxylic acids is 1. The van der Waals surface area contributed by atoms with Gasteiger partial charge in [-0.1, -0.05) is 19.9 Å². The Bertz CT molecular complexity index is 1360. The predicted molar refractivity (Wildman–Crippen MR) is 156 cm³/mol. The maximum Gasteiger partial charge on any atom is 0.305 e. The summed E-state index contributed by atoms with van der Waals surface area (Å²) in [5.41, 5.74) is 4.86. The molecule has 0 saturated carbocycles. The Hall–Kier alpha value is -3.85. The number of aromatic nitrogens is 3. The highest BCUT2D eigenvalue weighted by Crippen LogP contribution is 2.29. The fourth-order valence-corrected chi connectivity index (χ4v) is 4.94. The van der Waals surface area contributed by atoms with E-state index in [4.69, 9.17) is 0 Å². The second kappa shape index (κ2) is 14.0. The van der Waals surface area contributed by atoms with Gasteiger partial charge in [0.15, 0.2) is 0 Å². The van der Waals surface area contributed by atoms with Crippen molar-refractivity contribution in [1.82, 2.24) is 24.8 Å². The Morgan fingerprint density at radius 1 is 1.12 bits per heavy atom. The number of amides is 1. The topological polar surface area (TPSA) is 117 Å². The van der Waals surface area contributed by atoms with Crippen LogP contribution in [0.3, 0.4) is 0 Å². The van der Waals surface area contributed by atoms with E-state index >= 15 is 0 Å². The van der Waals surface area contributed by atoms with E-state index in [-0.39, 0.29) is 17.9 Å². The summed E-state index contributed by atoms with van der Waals surface area (Å²) in [5.74, 6) is -1.32. The van der Waals surface area contributed by atoms with E-state index in [1.54, 1.807) is 24.8 Å². The van der Waals surface area contributed by atoms with Gasteiger partial charge in [-0.3, -0.25) is 24.4 Å². The highest BCUT2D eigenvalue weighted by molar-refractivity contribution is 5.82. The monoisotopic (exact) mass is 547 g/mol. The summed E-state index contributed by atoms with van der Waals surface area (Å²) in [7, 11) is 4.03. The molecule has 0 aliphatic rings. The summed E-state index contributed by atoms with van der Waals surface area (Å²) in [6.07, 6.45) is 8.61. The first-order valence-electron chi connectivity index (χ1n) is 13.7. The van der Waals surface area contributed by atoms with Crippen LogP contribution in [0, 0.1) is 19.8 Å². The minimum atomic E-state index is -1.05. The third-order valence-corrected chi connectivity index (χ3v) is 6.90. The van der Waals surface area contributed by atoms with E-state index < -0.39 is 24.0 Å². The molecule has 0 fully saturated rings. The van der Waals surface area contributed by atoms with E-state index in [0.29, 0.717) is 12.0 Å². The van der Waals surface area contributed by atoms with Crippen LogP contribution < -0.4 is 10.9 Å². The van der Waals surface area contributed by atoms with Crippen molar-refractivity contribution in [3.63, 3.8) is 0 Å². The third kappa shape index (κ3) is 8.32. The summed E-state index contributed by atoms with van der Waals surface area (Å²) >= 11 is 0. The zero-order valence-corrected chi connectivity index (χ0v) is 24.3. The first-order chi connectivity index (χ1) is 19.0. The summed E-state index contributed by atoms with van der Waals surface area (Å²) in [6, 6.07) is 5.47. The van der Waals surface area contributed by atoms with Crippen molar-refractivity contribution in [3.05, 3.63) is 81.8 Å². The molecule has 0 aromatic carbocycles. The Labute approximate surface area is 236 Å². The molecule has 3 aromatic rings. The minimum Gasteiger partial charge on any atom is -0.481 e. The van der Waals surface area contributed by atoms with Gasteiger partial charge in [0.2, 0.25) is 5.91 Å². The molecule has 3 aromatic heterocycles. The number of carboxylic acid groups (broad SMARTS) is 1. The summed E-state index contributed by atoms with van der Waals surface area (Å²) in [6.45, 7) is 8.79. The van der Waals surface area contributed by atoms with Gasteiger partial charge in [-0.15, -0.1) is 0 Å². The number of hydrogen-bond donors (Lipinski definition) is 2. The number of carboxylic acids is 1. The molecule has 3 heterocycles. The maximum absolute atomic E-state index is 13.8. The lowest BCUT2D eigenvalue weighted by atomic mass is 9.96. The van der Waals surface area contributed by atoms with Crippen molar-refractivity contribution in [3.8, 4) is 11.1 Å². The number of nitrogens with one attached hydrogen (secondary N) is 1. The minimum absolute atomic E-state index is 0.125. The van der Waals surface area contributed by atoms with Crippen LogP contribution in [0.2, 0.25) is 0 Å². The standard InChI is InChI=1S/C31H41N5O4/c1-20(2)14-27(36-19-23(9-10-28(36)37)8-7-13-35(5)6)31(40)34-26(16-29(38)39)24-15-25(18-32-17-24)30-21(3)11-12-33-22(30)4/h9-12,15,17-20,26-27H,7-8,13-14,16H2,1-6H3,(H,34,40)(H,38,39)/t26-,27-/m0/s1. The smallest absolute Gasteiger partial charge is 0.305 e. The molecule has 40 heavy (non-hydrogen) atoms. The Balaban J connectivity index is 1.95. The molecule has 0 unspecified atom stereocenters. The molecule has 0 aliphatic carbocycles. The lowest BCUT2D eigenvalue weighted by molar-refractivity contribution is -0.138. The molecule has 214 valence electrons. The van der Waals surface area contributed by atoms with Gasteiger partial charge < -0.3 is 19.9 Å². The van der Waals surface area contributed by atoms with Crippen LogP contribution in [0.15, 0.2) is 53.8 Å². The summed E-state index contributed by atoms with van der Waals surface area (Å²) in [4.78, 5) is 49.4. The Morgan fingerprint density at radius 3 is 2.52 bits per heavy atom. The summed E-state index contributed by atoms with van der Waals surface area (Å²) < 4.78 is 1.50. The molecule has 9 heteroatoms. The van der Waals surface area contributed by atoms with Gasteiger partial charge in [0.05, 0.1) is 12.5 Å². The van der Waals surface area contributed by atoms with Crippen LogP contribution in [0.1, 0.15) is 67.6 Å². The van der Waals surface area contributed by atoms with Crippen LogP contribution in [0.5, 0.6) is 0 Å². The number of rotatable bonds is 13. The zero-order valence-electron chi connectivity index (χ0n) is 24.3. The molecule has 0 spiro atoms. The quantitative estimate of drug-likeness (QED) is 0.327.